The number of aliphatic carboxylic acids is 1. The van der Waals surface area contributed by atoms with Gasteiger partial charge in [0, 0.05) is 0 Å². The maximum Gasteiger partial charge on any atom is 0.321 e. The van der Waals surface area contributed by atoms with Crippen molar-refractivity contribution in [2.45, 2.75) is 25.8 Å². The average molecular weight is 221 g/mol. The molecule has 0 amide bonds. The summed E-state index contributed by atoms with van der Waals surface area (Å²) in [5, 5.41) is 8.68. The Hall–Kier alpha value is -0.880. The summed E-state index contributed by atoms with van der Waals surface area (Å²) in [7, 11) is -3.55. The molecule has 0 unspecified atom stereocenters. The van der Waals surface area contributed by atoms with Crippen LogP contribution in [-0.2, 0) is 14.8 Å². The van der Waals surface area contributed by atoms with Gasteiger partial charge in [0.05, 0.1) is 5.75 Å². The molecule has 14 heavy (non-hydrogen) atoms. The Morgan fingerprint density at radius 2 is 2.21 bits per heavy atom. The highest BCUT2D eigenvalue weighted by Crippen LogP contribution is 1.99. The molecular weight excluding hydrogens is 206 g/mol. The van der Waals surface area contributed by atoms with Crippen molar-refractivity contribution in [2.75, 3.05) is 5.75 Å². The largest absolute Gasteiger partial charge is 0.480 e. The highest BCUT2D eigenvalue weighted by Gasteiger charge is 2.21. The summed E-state index contributed by atoms with van der Waals surface area (Å²) in [5.41, 5.74) is 0. The molecule has 0 saturated carbocycles. The quantitative estimate of drug-likeness (QED) is 0.607. The predicted molar refractivity (Wildman–Crippen MR) is 53.5 cm³/mol. The van der Waals surface area contributed by atoms with Gasteiger partial charge in [0.25, 0.3) is 0 Å². The zero-order valence-electron chi connectivity index (χ0n) is 8.06. The van der Waals surface area contributed by atoms with Gasteiger partial charge in [-0.25, -0.2) is 13.1 Å². The van der Waals surface area contributed by atoms with Crippen LogP contribution in [0.4, 0.5) is 0 Å². The van der Waals surface area contributed by atoms with Gasteiger partial charge in [-0.15, -0.1) is 6.58 Å². The van der Waals surface area contributed by atoms with Crippen LogP contribution < -0.4 is 4.72 Å². The number of hydrogen-bond donors (Lipinski definition) is 2. The van der Waals surface area contributed by atoms with Gasteiger partial charge in [0.15, 0.2) is 0 Å². The lowest BCUT2D eigenvalue weighted by molar-refractivity contribution is -0.139. The van der Waals surface area contributed by atoms with E-state index in [1.54, 1.807) is 6.92 Å². The van der Waals surface area contributed by atoms with Crippen molar-refractivity contribution >= 4 is 16.0 Å². The van der Waals surface area contributed by atoms with E-state index < -0.39 is 22.0 Å². The summed E-state index contributed by atoms with van der Waals surface area (Å²) in [4.78, 5) is 10.6. The topological polar surface area (TPSA) is 83.5 Å². The monoisotopic (exact) mass is 221 g/mol. The average Bonchev–Trinajstić information content (AvgIpc) is 2.02. The van der Waals surface area contributed by atoms with Crippen molar-refractivity contribution < 1.29 is 18.3 Å². The van der Waals surface area contributed by atoms with Gasteiger partial charge in [-0.2, -0.15) is 0 Å². The highest BCUT2D eigenvalue weighted by atomic mass is 32.2. The first-order chi connectivity index (χ1) is 6.43. The molecule has 1 atom stereocenters. The van der Waals surface area contributed by atoms with Crippen molar-refractivity contribution in [3.05, 3.63) is 12.7 Å². The van der Waals surface area contributed by atoms with Crippen LogP contribution in [-0.4, -0.2) is 31.3 Å². The van der Waals surface area contributed by atoms with Gasteiger partial charge < -0.3 is 5.11 Å². The van der Waals surface area contributed by atoms with Crippen LogP contribution in [0.15, 0.2) is 12.7 Å². The number of carboxylic acid groups (broad SMARTS) is 1. The number of carboxylic acids is 1. The van der Waals surface area contributed by atoms with E-state index in [0.717, 1.165) is 0 Å². The maximum absolute atomic E-state index is 11.2. The van der Waals surface area contributed by atoms with Crippen LogP contribution in [0.25, 0.3) is 0 Å². The number of carbonyl (C=O) groups is 1. The molecular formula is C8H15NO4S. The van der Waals surface area contributed by atoms with E-state index in [9.17, 15) is 13.2 Å². The Morgan fingerprint density at radius 3 is 2.57 bits per heavy atom. The first kappa shape index (κ1) is 13.1. The van der Waals surface area contributed by atoms with E-state index in [0.29, 0.717) is 6.42 Å². The van der Waals surface area contributed by atoms with E-state index in [-0.39, 0.29) is 12.2 Å². The molecule has 0 spiro atoms. The molecule has 0 radical (unpaired) electrons. The molecule has 2 N–H and O–H groups in total. The summed E-state index contributed by atoms with van der Waals surface area (Å²) in [5.74, 6) is -1.42. The summed E-state index contributed by atoms with van der Waals surface area (Å²) in [6.07, 6.45) is 2.10. The van der Waals surface area contributed by atoms with E-state index in [1.165, 1.54) is 6.08 Å². The molecule has 0 fully saturated rings. The second-order valence-corrected chi connectivity index (χ2v) is 4.67. The van der Waals surface area contributed by atoms with Crippen molar-refractivity contribution in [1.29, 1.82) is 0 Å². The Balaban J connectivity index is 4.43. The maximum atomic E-state index is 11.2. The fourth-order valence-corrected chi connectivity index (χ4v) is 2.00. The zero-order chi connectivity index (χ0) is 11.2. The lowest BCUT2D eigenvalue weighted by Crippen LogP contribution is -2.41. The van der Waals surface area contributed by atoms with Crippen LogP contribution in [0.5, 0.6) is 0 Å². The van der Waals surface area contributed by atoms with Gasteiger partial charge in [0.2, 0.25) is 10.0 Å². The van der Waals surface area contributed by atoms with Crippen LogP contribution in [0, 0.1) is 0 Å². The molecule has 6 heteroatoms. The lowest BCUT2D eigenvalue weighted by atomic mass is 10.2. The highest BCUT2D eigenvalue weighted by molar-refractivity contribution is 7.89. The smallest absolute Gasteiger partial charge is 0.321 e. The van der Waals surface area contributed by atoms with Gasteiger partial charge >= 0.3 is 5.97 Å². The van der Waals surface area contributed by atoms with Gasteiger partial charge in [-0.1, -0.05) is 19.4 Å². The van der Waals surface area contributed by atoms with Gasteiger partial charge in [-0.05, 0) is 6.42 Å². The van der Waals surface area contributed by atoms with E-state index in [2.05, 4.69) is 11.3 Å². The number of nitrogens with one attached hydrogen (secondary N) is 1. The third-order valence-corrected chi connectivity index (χ3v) is 2.85. The molecule has 0 aromatic rings. The van der Waals surface area contributed by atoms with E-state index >= 15 is 0 Å². The first-order valence-electron chi connectivity index (χ1n) is 4.26. The van der Waals surface area contributed by atoms with Crippen molar-refractivity contribution in [1.82, 2.24) is 4.72 Å². The fraction of sp³-hybridized carbons (Fsp3) is 0.625. The van der Waals surface area contributed by atoms with Crippen molar-refractivity contribution in [3.8, 4) is 0 Å². The second kappa shape index (κ2) is 5.77. The standard InChI is InChI=1S/C8H15NO4S/c1-3-5-7(8(10)11)9-14(12,13)6-4-2/h4,7,9H,2-3,5-6H2,1H3,(H,10,11)/t7-/m0/s1. The number of hydrogen-bond acceptors (Lipinski definition) is 3. The molecule has 5 nitrogen and oxygen atoms in total. The summed E-state index contributed by atoms with van der Waals surface area (Å²) < 4.78 is 24.4. The minimum absolute atomic E-state index is 0.263. The van der Waals surface area contributed by atoms with Gasteiger partial charge in [0.1, 0.15) is 6.04 Å². The normalized spacial score (nSPS) is 13.5. The minimum Gasteiger partial charge on any atom is -0.480 e. The molecule has 0 aliphatic rings. The number of rotatable bonds is 7. The minimum atomic E-state index is -3.55. The molecule has 0 aromatic heterocycles. The Bertz CT molecular complexity index is 296. The summed E-state index contributed by atoms with van der Waals surface area (Å²) >= 11 is 0. The fourth-order valence-electron chi connectivity index (χ4n) is 0.941. The van der Waals surface area contributed by atoms with Crippen molar-refractivity contribution in [3.63, 3.8) is 0 Å². The molecule has 0 aliphatic heterocycles. The lowest BCUT2D eigenvalue weighted by Gasteiger charge is -2.12. The predicted octanol–water partition coefficient (Wildman–Crippen LogP) is 0.345. The Labute approximate surface area is 83.9 Å². The SMILES string of the molecule is C=CCS(=O)(=O)N[C@@H](CCC)C(=O)O. The van der Waals surface area contributed by atoms with E-state index in [4.69, 9.17) is 5.11 Å². The zero-order valence-corrected chi connectivity index (χ0v) is 8.88. The van der Waals surface area contributed by atoms with Crippen molar-refractivity contribution in [2.24, 2.45) is 0 Å². The first-order valence-corrected chi connectivity index (χ1v) is 5.92. The molecule has 0 heterocycles. The molecule has 0 aromatic carbocycles. The molecule has 0 rings (SSSR count). The Kier molecular flexibility index (Phi) is 5.40. The Morgan fingerprint density at radius 1 is 1.64 bits per heavy atom. The van der Waals surface area contributed by atoms with Crippen LogP contribution in [0.1, 0.15) is 19.8 Å². The summed E-state index contributed by atoms with van der Waals surface area (Å²) in [6.45, 7) is 5.07. The van der Waals surface area contributed by atoms with Gasteiger partial charge in [-0.3, -0.25) is 4.79 Å². The van der Waals surface area contributed by atoms with E-state index in [1.807, 2.05) is 0 Å². The van der Waals surface area contributed by atoms with Crippen LogP contribution in [0.2, 0.25) is 0 Å². The molecule has 0 aliphatic carbocycles. The third kappa shape index (κ3) is 4.98. The van der Waals surface area contributed by atoms with Crippen LogP contribution in [0.3, 0.4) is 0 Å². The number of sulfonamides is 1. The van der Waals surface area contributed by atoms with Crippen LogP contribution >= 0.6 is 0 Å². The summed E-state index contributed by atoms with van der Waals surface area (Å²) in [6, 6.07) is -1.04. The third-order valence-electron chi connectivity index (χ3n) is 1.53. The second-order valence-electron chi connectivity index (χ2n) is 2.87. The molecule has 0 saturated heterocycles. The molecule has 0 bridgehead atoms. The molecule has 82 valence electrons.